The zero-order chi connectivity index (χ0) is 19.8. The predicted molar refractivity (Wildman–Crippen MR) is 109 cm³/mol. The van der Waals surface area contributed by atoms with E-state index in [1.165, 1.54) is 0 Å². The molecular weight excluding hydrogens is 360 g/mol. The number of nitrogens with zero attached hydrogens (tertiary/aromatic N) is 2. The van der Waals surface area contributed by atoms with E-state index in [9.17, 15) is 14.4 Å². The third kappa shape index (κ3) is 4.09. The number of hydrogen-bond donors (Lipinski definition) is 2. The lowest BCUT2D eigenvalue weighted by molar-refractivity contribution is 0.112. The standard InChI is InChI=1S/C21H34N2O3S/c1-14(2)18(12-24)22-27(26,17-9-7-15(3)8-10-17)13-20-16(4)21(25)19-6-5-11-23(19)20/h7-10,14,16,18-21,24-25H,5-6,11-13H2,1-4H3/t16-,18-,19-,20-,21-,27+/m0/s1. The van der Waals surface area contributed by atoms with Gasteiger partial charge in [-0.2, -0.15) is 0 Å². The van der Waals surface area contributed by atoms with Crippen LogP contribution >= 0.6 is 0 Å². The van der Waals surface area contributed by atoms with Crippen LogP contribution in [0, 0.1) is 18.8 Å². The summed E-state index contributed by atoms with van der Waals surface area (Å²) in [6.45, 7) is 8.92. The van der Waals surface area contributed by atoms with Crippen molar-refractivity contribution in [1.29, 1.82) is 0 Å². The second kappa shape index (κ2) is 8.19. The van der Waals surface area contributed by atoms with Gasteiger partial charge in [0.2, 0.25) is 0 Å². The zero-order valence-electron chi connectivity index (χ0n) is 16.9. The van der Waals surface area contributed by atoms with Gasteiger partial charge in [0.15, 0.2) is 0 Å². The first-order valence-corrected chi connectivity index (χ1v) is 11.8. The van der Waals surface area contributed by atoms with E-state index < -0.39 is 9.73 Å². The van der Waals surface area contributed by atoms with Crippen LogP contribution < -0.4 is 0 Å². The zero-order valence-corrected chi connectivity index (χ0v) is 17.7. The average molecular weight is 395 g/mol. The minimum absolute atomic E-state index is 0.0524. The van der Waals surface area contributed by atoms with Gasteiger partial charge < -0.3 is 10.2 Å². The van der Waals surface area contributed by atoms with Gasteiger partial charge in [-0.25, -0.2) is 8.57 Å². The first-order valence-electron chi connectivity index (χ1n) is 10.1. The van der Waals surface area contributed by atoms with E-state index in [1.807, 2.05) is 45.0 Å². The minimum atomic E-state index is -2.71. The van der Waals surface area contributed by atoms with Crippen LogP contribution in [0.4, 0.5) is 0 Å². The summed E-state index contributed by atoms with van der Waals surface area (Å²) >= 11 is 0. The highest BCUT2D eigenvalue weighted by molar-refractivity contribution is 7.93. The molecule has 0 aliphatic carbocycles. The Hall–Kier alpha value is -0.950. The molecular formula is C21H34N2O3S. The highest BCUT2D eigenvalue weighted by atomic mass is 32.2. The second-order valence-corrected chi connectivity index (χ2v) is 10.9. The first kappa shape index (κ1) is 20.8. The van der Waals surface area contributed by atoms with Crippen LogP contribution in [0.1, 0.15) is 39.2 Å². The highest BCUT2D eigenvalue weighted by Gasteiger charge is 2.48. The molecule has 2 aliphatic heterocycles. The third-order valence-corrected chi connectivity index (χ3v) is 8.77. The molecule has 1 aromatic rings. The van der Waals surface area contributed by atoms with Crippen molar-refractivity contribution in [3.8, 4) is 0 Å². The Labute approximate surface area is 164 Å². The molecule has 2 aliphatic rings. The molecule has 2 saturated heterocycles. The largest absolute Gasteiger partial charge is 0.394 e. The monoisotopic (exact) mass is 394 g/mol. The van der Waals surface area contributed by atoms with E-state index >= 15 is 0 Å². The number of benzene rings is 1. The quantitative estimate of drug-likeness (QED) is 0.778. The van der Waals surface area contributed by atoms with Crippen LogP contribution in [-0.4, -0.2) is 62.5 Å². The number of aliphatic hydroxyl groups excluding tert-OH is 2. The molecule has 2 heterocycles. The maximum absolute atomic E-state index is 14.2. The number of aryl methyl sites for hydroxylation is 1. The molecule has 0 bridgehead atoms. The summed E-state index contributed by atoms with van der Waals surface area (Å²) in [6, 6.07) is 7.65. The second-order valence-electron chi connectivity index (χ2n) is 8.58. The van der Waals surface area contributed by atoms with Gasteiger partial charge in [-0.3, -0.25) is 4.90 Å². The lowest BCUT2D eigenvalue weighted by Crippen LogP contribution is -2.39. The molecule has 2 fully saturated rings. The van der Waals surface area contributed by atoms with Gasteiger partial charge in [-0.05, 0) is 44.4 Å². The fourth-order valence-corrected chi connectivity index (χ4v) is 7.16. The van der Waals surface area contributed by atoms with Crippen LogP contribution in [0.5, 0.6) is 0 Å². The van der Waals surface area contributed by atoms with Crippen LogP contribution in [0.25, 0.3) is 0 Å². The summed E-state index contributed by atoms with van der Waals surface area (Å²) in [5.74, 6) is 0.601. The molecule has 3 rings (SSSR count). The maximum Gasteiger partial charge on any atom is 0.0850 e. The average Bonchev–Trinajstić information content (AvgIpc) is 3.19. The third-order valence-electron chi connectivity index (χ3n) is 6.36. The minimum Gasteiger partial charge on any atom is -0.394 e. The normalized spacial score (nSPS) is 31.7. The highest BCUT2D eigenvalue weighted by Crippen LogP contribution is 2.38. The van der Waals surface area contributed by atoms with Gasteiger partial charge in [0.25, 0.3) is 0 Å². The predicted octanol–water partition coefficient (Wildman–Crippen LogP) is 2.68. The molecule has 27 heavy (non-hydrogen) atoms. The van der Waals surface area contributed by atoms with E-state index in [-0.39, 0.29) is 42.7 Å². The van der Waals surface area contributed by atoms with Crippen molar-refractivity contribution in [3.63, 3.8) is 0 Å². The molecule has 5 nitrogen and oxygen atoms in total. The lowest BCUT2D eigenvalue weighted by atomic mass is 9.97. The lowest BCUT2D eigenvalue weighted by Gasteiger charge is -2.28. The Morgan fingerprint density at radius 2 is 1.96 bits per heavy atom. The maximum atomic E-state index is 14.2. The molecule has 6 atom stereocenters. The van der Waals surface area contributed by atoms with E-state index in [2.05, 4.69) is 11.8 Å². The fraction of sp³-hybridized carbons (Fsp3) is 0.714. The summed E-state index contributed by atoms with van der Waals surface area (Å²) < 4.78 is 18.9. The van der Waals surface area contributed by atoms with Crippen molar-refractivity contribution in [2.24, 2.45) is 16.2 Å². The molecule has 2 N–H and O–H groups in total. The molecule has 152 valence electrons. The Morgan fingerprint density at radius 3 is 2.56 bits per heavy atom. The van der Waals surface area contributed by atoms with Crippen LogP contribution in [0.15, 0.2) is 33.5 Å². The van der Waals surface area contributed by atoms with Gasteiger partial charge in [-0.1, -0.05) is 38.5 Å². The topological polar surface area (TPSA) is 73.1 Å². The number of fused-ring (bicyclic) bond motifs is 1. The van der Waals surface area contributed by atoms with Crippen molar-refractivity contribution in [3.05, 3.63) is 29.8 Å². The van der Waals surface area contributed by atoms with Crippen molar-refractivity contribution >= 4 is 9.73 Å². The molecule has 1 aromatic carbocycles. The molecule has 0 radical (unpaired) electrons. The summed E-state index contributed by atoms with van der Waals surface area (Å²) in [7, 11) is -2.71. The van der Waals surface area contributed by atoms with Crippen LogP contribution in [-0.2, 0) is 9.73 Å². The van der Waals surface area contributed by atoms with Crippen LogP contribution in [0.3, 0.4) is 0 Å². The van der Waals surface area contributed by atoms with Crippen molar-refractivity contribution in [1.82, 2.24) is 4.90 Å². The van der Waals surface area contributed by atoms with Gasteiger partial charge in [0.05, 0.1) is 34.2 Å². The van der Waals surface area contributed by atoms with E-state index in [0.29, 0.717) is 5.75 Å². The number of rotatable bonds is 6. The molecule has 0 spiro atoms. The summed E-state index contributed by atoms with van der Waals surface area (Å²) in [5, 5.41) is 20.4. The smallest absolute Gasteiger partial charge is 0.0850 e. The van der Waals surface area contributed by atoms with Gasteiger partial charge in [-0.15, -0.1) is 0 Å². The van der Waals surface area contributed by atoms with E-state index in [4.69, 9.17) is 4.36 Å². The van der Waals surface area contributed by atoms with Crippen LogP contribution in [0.2, 0.25) is 0 Å². The Bertz CT molecular complexity index is 755. The molecule has 0 saturated carbocycles. The van der Waals surface area contributed by atoms with Gasteiger partial charge in [0.1, 0.15) is 0 Å². The first-order chi connectivity index (χ1) is 12.8. The Morgan fingerprint density at radius 1 is 1.30 bits per heavy atom. The summed E-state index contributed by atoms with van der Waals surface area (Å²) in [6.07, 6.45) is 1.73. The number of aliphatic hydroxyl groups is 2. The Kier molecular flexibility index (Phi) is 6.31. The van der Waals surface area contributed by atoms with E-state index in [1.54, 1.807) is 0 Å². The van der Waals surface area contributed by atoms with E-state index in [0.717, 1.165) is 29.8 Å². The molecule has 6 heteroatoms. The Balaban J connectivity index is 2.01. The molecule has 0 unspecified atom stereocenters. The SMILES string of the molecule is Cc1ccc([S@](=O)(C[C@H]2[C@H](C)[C@H](O)[C@@H]3CCCN23)=N[C@@H](CO)C(C)C)cc1. The summed E-state index contributed by atoms with van der Waals surface area (Å²) in [4.78, 5) is 3.08. The molecule has 0 amide bonds. The van der Waals surface area contributed by atoms with Crippen molar-refractivity contribution < 1.29 is 14.4 Å². The summed E-state index contributed by atoms with van der Waals surface area (Å²) in [5.41, 5.74) is 1.12. The van der Waals surface area contributed by atoms with Crippen molar-refractivity contribution in [2.75, 3.05) is 18.9 Å². The van der Waals surface area contributed by atoms with Crippen molar-refractivity contribution in [2.45, 2.75) is 69.7 Å². The molecule has 0 aromatic heterocycles. The van der Waals surface area contributed by atoms with Gasteiger partial charge in [0, 0.05) is 22.9 Å². The number of hydrogen-bond acceptors (Lipinski definition) is 5. The fourth-order valence-electron chi connectivity index (χ4n) is 4.49. The van der Waals surface area contributed by atoms with Gasteiger partial charge >= 0.3 is 0 Å².